The number of non-ortho nitro benzene ring substituents is 1. The molecule has 0 fully saturated rings. The fraction of sp³-hybridized carbons (Fsp3) is 0.462. The molecule has 0 aromatic heterocycles. The molecule has 0 spiro atoms. The van der Waals surface area contributed by atoms with Crippen LogP contribution in [0.2, 0.25) is 0 Å². The summed E-state index contributed by atoms with van der Waals surface area (Å²) in [6, 6.07) is 5.37. The van der Waals surface area contributed by atoms with Crippen LogP contribution >= 0.6 is 0 Å². The van der Waals surface area contributed by atoms with Crippen molar-refractivity contribution in [3.05, 3.63) is 39.9 Å². The number of hydrogen-bond acceptors (Lipinski definition) is 4. The summed E-state index contributed by atoms with van der Waals surface area (Å²) < 4.78 is 0. The molecule has 0 aliphatic rings. The Hall–Kier alpha value is -1.95. The lowest BCUT2D eigenvalue weighted by molar-refractivity contribution is -0.384. The Kier molecular flexibility index (Phi) is 4.61. The van der Waals surface area contributed by atoms with E-state index in [2.05, 4.69) is 5.32 Å². The van der Waals surface area contributed by atoms with Crippen molar-refractivity contribution in [1.82, 2.24) is 5.32 Å². The lowest BCUT2D eigenvalue weighted by Gasteiger charge is -2.23. The van der Waals surface area contributed by atoms with Gasteiger partial charge in [0.1, 0.15) is 0 Å². The number of benzene rings is 1. The van der Waals surface area contributed by atoms with E-state index < -0.39 is 11.0 Å². The second kappa shape index (κ2) is 5.79. The largest absolute Gasteiger partial charge is 0.350 e. The molecule has 0 bridgehead atoms. The third-order valence-electron chi connectivity index (χ3n) is 2.44. The summed E-state index contributed by atoms with van der Waals surface area (Å²) in [5.41, 5.74) is 6.30. The molecule has 19 heavy (non-hydrogen) atoms. The van der Waals surface area contributed by atoms with Gasteiger partial charge < -0.3 is 11.1 Å². The maximum absolute atomic E-state index is 11.8. The van der Waals surface area contributed by atoms with Crippen LogP contribution in [-0.4, -0.2) is 22.4 Å². The van der Waals surface area contributed by atoms with E-state index in [9.17, 15) is 14.9 Å². The lowest BCUT2D eigenvalue weighted by Crippen LogP contribution is -2.49. The Morgan fingerprint density at radius 2 is 1.89 bits per heavy atom. The van der Waals surface area contributed by atoms with Crippen LogP contribution in [0.1, 0.15) is 26.3 Å². The molecule has 0 aliphatic heterocycles. The molecule has 1 aromatic carbocycles. The topological polar surface area (TPSA) is 98.3 Å². The van der Waals surface area contributed by atoms with Crippen LogP contribution in [-0.2, 0) is 11.2 Å². The number of nitrogens with one attached hydrogen (secondary N) is 1. The fourth-order valence-corrected chi connectivity index (χ4v) is 1.56. The van der Waals surface area contributed by atoms with E-state index in [1.54, 1.807) is 12.1 Å². The monoisotopic (exact) mass is 265 g/mol. The first-order valence-corrected chi connectivity index (χ1v) is 6.00. The predicted molar refractivity (Wildman–Crippen MR) is 72.7 cm³/mol. The van der Waals surface area contributed by atoms with Crippen molar-refractivity contribution in [2.24, 2.45) is 5.73 Å². The first-order chi connectivity index (χ1) is 8.69. The SMILES string of the molecule is CC(C)(C)NC(=O)C(N)Cc1ccc([N+](=O)[O-])cc1. The molecule has 6 heteroatoms. The molecule has 3 N–H and O–H groups in total. The molecule has 1 amide bonds. The average molecular weight is 265 g/mol. The van der Waals surface area contributed by atoms with E-state index in [1.807, 2.05) is 20.8 Å². The Morgan fingerprint density at radius 1 is 1.37 bits per heavy atom. The summed E-state index contributed by atoms with van der Waals surface area (Å²) in [7, 11) is 0. The quantitative estimate of drug-likeness (QED) is 0.634. The number of nitro groups is 1. The summed E-state index contributed by atoms with van der Waals surface area (Å²) in [5.74, 6) is -0.231. The van der Waals surface area contributed by atoms with E-state index in [-0.39, 0.29) is 17.1 Å². The normalized spacial score (nSPS) is 12.8. The Morgan fingerprint density at radius 3 is 2.32 bits per heavy atom. The van der Waals surface area contributed by atoms with Gasteiger partial charge in [-0.3, -0.25) is 14.9 Å². The standard InChI is InChI=1S/C13H19N3O3/c1-13(2,3)15-12(17)11(14)8-9-4-6-10(7-5-9)16(18)19/h4-7,11H,8,14H2,1-3H3,(H,15,17). The number of nitrogens with two attached hydrogens (primary N) is 1. The second-order valence-corrected chi connectivity index (χ2v) is 5.47. The van der Waals surface area contributed by atoms with Gasteiger partial charge in [-0.25, -0.2) is 0 Å². The van der Waals surface area contributed by atoms with Crippen molar-refractivity contribution >= 4 is 11.6 Å². The molecule has 1 atom stereocenters. The Bertz CT molecular complexity index is 463. The van der Waals surface area contributed by atoms with Gasteiger partial charge in [-0.05, 0) is 32.8 Å². The molecule has 1 rings (SSSR count). The number of nitrogens with zero attached hydrogens (tertiary/aromatic N) is 1. The number of carbonyl (C=O) groups is 1. The maximum Gasteiger partial charge on any atom is 0.269 e. The zero-order chi connectivity index (χ0) is 14.6. The van der Waals surface area contributed by atoms with Crippen molar-refractivity contribution in [2.75, 3.05) is 0 Å². The highest BCUT2D eigenvalue weighted by molar-refractivity contribution is 5.82. The molecular formula is C13H19N3O3. The molecule has 104 valence electrons. The molecule has 1 aromatic rings. The number of carbonyl (C=O) groups excluding carboxylic acids is 1. The molecule has 0 saturated heterocycles. The van der Waals surface area contributed by atoms with Crippen LogP contribution in [0.5, 0.6) is 0 Å². The van der Waals surface area contributed by atoms with E-state index in [1.165, 1.54) is 12.1 Å². The minimum Gasteiger partial charge on any atom is -0.350 e. The van der Waals surface area contributed by atoms with Gasteiger partial charge in [-0.2, -0.15) is 0 Å². The van der Waals surface area contributed by atoms with Crippen LogP contribution < -0.4 is 11.1 Å². The van der Waals surface area contributed by atoms with E-state index in [0.29, 0.717) is 6.42 Å². The average Bonchev–Trinajstić information content (AvgIpc) is 2.27. The third kappa shape index (κ3) is 5.05. The molecule has 6 nitrogen and oxygen atoms in total. The molecule has 0 saturated carbocycles. The number of amides is 1. The van der Waals surface area contributed by atoms with Gasteiger partial charge in [0.25, 0.3) is 5.69 Å². The van der Waals surface area contributed by atoms with Crippen molar-refractivity contribution in [3.8, 4) is 0 Å². The van der Waals surface area contributed by atoms with Crippen molar-refractivity contribution in [3.63, 3.8) is 0 Å². The van der Waals surface area contributed by atoms with Crippen molar-refractivity contribution in [1.29, 1.82) is 0 Å². The highest BCUT2D eigenvalue weighted by Gasteiger charge is 2.20. The second-order valence-electron chi connectivity index (χ2n) is 5.47. The van der Waals surface area contributed by atoms with Gasteiger partial charge in [0.2, 0.25) is 5.91 Å². The van der Waals surface area contributed by atoms with Crippen LogP contribution in [0, 0.1) is 10.1 Å². The number of nitro benzene ring substituents is 1. The third-order valence-corrected chi connectivity index (χ3v) is 2.44. The maximum atomic E-state index is 11.8. The highest BCUT2D eigenvalue weighted by Crippen LogP contribution is 2.13. The zero-order valence-electron chi connectivity index (χ0n) is 11.3. The number of hydrogen-bond donors (Lipinski definition) is 2. The van der Waals surface area contributed by atoms with Gasteiger partial charge in [0.05, 0.1) is 11.0 Å². The predicted octanol–water partition coefficient (Wildman–Crippen LogP) is 1.38. The van der Waals surface area contributed by atoms with Gasteiger partial charge in [0, 0.05) is 17.7 Å². The minimum absolute atomic E-state index is 0.0245. The summed E-state index contributed by atoms with van der Waals surface area (Å²) >= 11 is 0. The summed E-state index contributed by atoms with van der Waals surface area (Å²) in [5, 5.41) is 13.3. The van der Waals surface area contributed by atoms with Gasteiger partial charge in [-0.1, -0.05) is 12.1 Å². The summed E-state index contributed by atoms with van der Waals surface area (Å²) in [4.78, 5) is 21.8. The number of rotatable bonds is 4. The van der Waals surface area contributed by atoms with Gasteiger partial charge in [0.15, 0.2) is 0 Å². The van der Waals surface area contributed by atoms with E-state index in [0.717, 1.165) is 5.56 Å². The van der Waals surface area contributed by atoms with Gasteiger partial charge >= 0.3 is 0 Å². The van der Waals surface area contributed by atoms with Crippen LogP contribution in [0.4, 0.5) is 5.69 Å². The first-order valence-electron chi connectivity index (χ1n) is 6.00. The zero-order valence-corrected chi connectivity index (χ0v) is 11.3. The van der Waals surface area contributed by atoms with Crippen molar-refractivity contribution in [2.45, 2.75) is 38.8 Å². The van der Waals surface area contributed by atoms with Crippen LogP contribution in [0.15, 0.2) is 24.3 Å². The molecule has 0 aliphatic carbocycles. The molecular weight excluding hydrogens is 246 g/mol. The fourth-order valence-electron chi connectivity index (χ4n) is 1.56. The lowest BCUT2D eigenvalue weighted by atomic mass is 10.0. The van der Waals surface area contributed by atoms with Gasteiger partial charge in [-0.15, -0.1) is 0 Å². The Balaban J connectivity index is 2.64. The molecule has 1 unspecified atom stereocenters. The van der Waals surface area contributed by atoms with Crippen LogP contribution in [0.3, 0.4) is 0 Å². The van der Waals surface area contributed by atoms with E-state index in [4.69, 9.17) is 5.73 Å². The van der Waals surface area contributed by atoms with Crippen molar-refractivity contribution < 1.29 is 9.72 Å². The minimum atomic E-state index is -0.666. The highest BCUT2D eigenvalue weighted by atomic mass is 16.6. The molecule has 0 radical (unpaired) electrons. The summed E-state index contributed by atoms with van der Waals surface area (Å²) in [6.45, 7) is 5.64. The smallest absolute Gasteiger partial charge is 0.269 e. The van der Waals surface area contributed by atoms with Crippen LogP contribution in [0.25, 0.3) is 0 Å². The Labute approximate surface area is 112 Å². The first kappa shape index (κ1) is 15.1. The van der Waals surface area contributed by atoms with E-state index >= 15 is 0 Å². The molecule has 0 heterocycles. The summed E-state index contributed by atoms with van der Waals surface area (Å²) in [6.07, 6.45) is 0.347.